The summed E-state index contributed by atoms with van der Waals surface area (Å²) >= 11 is 0. The predicted octanol–water partition coefficient (Wildman–Crippen LogP) is 3.33. The molecule has 1 aromatic heterocycles. The highest BCUT2D eigenvalue weighted by molar-refractivity contribution is 5.86. The molecule has 0 atom stereocenters. The van der Waals surface area contributed by atoms with E-state index in [2.05, 4.69) is 35.4 Å². The van der Waals surface area contributed by atoms with Gasteiger partial charge in [0.15, 0.2) is 5.58 Å². The van der Waals surface area contributed by atoms with Gasteiger partial charge in [0.25, 0.3) is 6.01 Å². The van der Waals surface area contributed by atoms with E-state index < -0.39 is 0 Å². The first-order valence-electron chi connectivity index (χ1n) is 6.17. The van der Waals surface area contributed by atoms with E-state index in [9.17, 15) is 0 Å². The van der Waals surface area contributed by atoms with Crippen LogP contribution in [0.4, 0.5) is 11.7 Å². The molecule has 4 nitrogen and oxygen atoms in total. The lowest BCUT2D eigenvalue weighted by atomic mass is 10.1. The highest BCUT2D eigenvalue weighted by Crippen LogP contribution is 2.23. The van der Waals surface area contributed by atoms with E-state index in [-0.39, 0.29) is 0 Å². The molecule has 3 rings (SSSR count). The summed E-state index contributed by atoms with van der Waals surface area (Å²) in [6.07, 6.45) is 0. The van der Waals surface area contributed by atoms with Crippen molar-refractivity contribution in [3.8, 4) is 0 Å². The molecule has 3 aromatic rings. The molecule has 0 aliphatic carbocycles. The Kier molecular flexibility index (Phi) is 2.83. The number of nitrogens with zero attached hydrogens (tertiary/aromatic N) is 1. The van der Waals surface area contributed by atoms with Gasteiger partial charge in [-0.1, -0.05) is 35.9 Å². The van der Waals surface area contributed by atoms with E-state index in [4.69, 9.17) is 10.2 Å². The molecule has 2 aromatic carbocycles. The molecule has 0 amide bonds. The first-order valence-corrected chi connectivity index (χ1v) is 6.17. The van der Waals surface area contributed by atoms with E-state index in [0.29, 0.717) is 29.3 Å². The maximum Gasteiger partial charge on any atom is 0.296 e. The van der Waals surface area contributed by atoms with Gasteiger partial charge in [0.2, 0.25) is 0 Å². The molecular formula is C15H15N3O. The number of para-hydroxylation sites is 1. The number of hydrogen-bond donors (Lipinski definition) is 2. The fraction of sp³-hybridized carbons (Fsp3) is 0.133. The van der Waals surface area contributed by atoms with Crippen LogP contribution in [0.5, 0.6) is 0 Å². The smallest absolute Gasteiger partial charge is 0.296 e. The topological polar surface area (TPSA) is 64.1 Å². The number of anilines is 2. The molecule has 96 valence electrons. The van der Waals surface area contributed by atoms with E-state index in [0.717, 1.165) is 0 Å². The summed E-state index contributed by atoms with van der Waals surface area (Å²) in [6.45, 7) is 2.75. The molecule has 19 heavy (non-hydrogen) atoms. The van der Waals surface area contributed by atoms with Crippen molar-refractivity contribution >= 4 is 22.8 Å². The van der Waals surface area contributed by atoms with Crippen molar-refractivity contribution in [3.05, 3.63) is 53.6 Å². The fourth-order valence-electron chi connectivity index (χ4n) is 2.05. The number of benzene rings is 2. The average Bonchev–Trinajstić information content (AvgIpc) is 2.81. The standard InChI is InChI=1S/C15H15N3O/c1-10-4-2-5-11(8-10)9-17-15-18-14-12(16)6-3-7-13(14)19-15/h2-8H,9,16H2,1H3,(H,17,18). The van der Waals surface area contributed by atoms with Crippen molar-refractivity contribution in [2.24, 2.45) is 0 Å². The second kappa shape index (κ2) is 4.65. The molecule has 0 unspecified atom stereocenters. The van der Waals surface area contributed by atoms with Gasteiger partial charge >= 0.3 is 0 Å². The van der Waals surface area contributed by atoms with Crippen LogP contribution in [-0.2, 0) is 6.54 Å². The van der Waals surface area contributed by atoms with Gasteiger partial charge in [-0.25, -0.2) is 0 Å². The summed E-state index contributed by atoms with van der Waals surface area (Å²) in [5.74, 6) is 0. The van der Waals surface area contributed by atoms with E-state index in [1.165, 1.54) is 11.1 Å². The molecule has 0 radical (unpaired) electrons. The van der Waals surface area contributed by atoms with Crippen LogP contribution in [0.25, 0.3) is 11.1 Å². The van der Waals surface area contributed by atoms with E-state index in [1.807, 2.05) is 24.3 Å². The van der Waals surface area contributed by atoms with Gasteiger partial charge in [-0.15, -0.1) is 0 Å². The molecule has 0 aliphatic heterocycles. The number of aromatic nitrogens is 1. The van der Waals surface area contributed by atoms with Crippen molar-refractivity contribution in [2.75, 3.05) is 11.1 Å². The zero-order valence-electron chi connectivity index (χ0n) is 10.7. The maximum absolute atomic E-state index is 5.85. The number of oxazole rings is 1. The lowest BCUT2D eigenvalue weighted by molar-refractivity contribution is 0.614. The van der Waals surface area contributed by atoms with Gasteiger partial charge < -0.3 is 15.5 Å². The highest BCUT2D eigenvalue weighted by Gasteiger charge is 2.07. The van der Waals surface area contributed by atoms with Crippen molar-refractivity contribution in [1.29, 1.82) is 0 Å². The lowest BCUT2D eigenvalue weighted by Crippen LogP contribution is -1.99. The summed E-state index contributed by atoms with van der Waals surface area (Å²) in [5, 5.41) is 3.17. The Hall–Kier alpha value is -2.49. The average molecular weight is 253 g/mol. The van der Waals surface area contributed by atoms with Gasteiger partial charge in [-0.3, -0.25) is 0 Å². The van der Waals surface area contributed by atoms with Gasteiger partial charge in [-0.2, -0.15) is 4.98 Å². The number of fused-ring (bicyclic) bond motifs is 1. The minimum atomic E-state index is 0.495. The number of nitrogens with one attached hydrogen (secondary N) is 1. The molecule has 4 heteroatoms. The minimum Gasteiger partial charge on any atom is -0.423 e. The zero-order chi connectivity index (χ0) is 13.2. The minimum absolute atomic E-state index is 0.495. The van der Waals surface area contributed by atoms with Crippen LogP contribution in [0.3, 0.4) is 0 Å². The van der Waals surface area contributed by atoms with Crippen LogP contribution in [-0.4, -0.2) is 4.98 Å². The summed E-state index contributed by atoms with van der Waals surface area (Å²) < 4.78 is 5.60. The molecule has 0 spiro atoms. The SMILES string of the molecule is Cc1cccc(CNc2nc3c(N)cccc3o2)c1. The van der Waals surface area contributed by atoms with Crippen molar-refractivity contribution in [1.82, 2.24) is 4.98 Å². The molecule has 0 fully saturated rings. The number of nitrogens with two attached hydrogens (primary N) is 1. The van der Waals surface area contributed by atoms with Gasteiger partial charge in [0.1, 0.15) is 5.52 Å². The number of nitrogen functional groups attached to an aromatic ring is 1. The van der Waals surface area contributed by atoms with Crippen LogP contribution in [0, 0.1) is 6.92 Å². The monoisotopic (exact) mass is 253 g/mol. The van der Waals surface area contributed by atoms with Crippen LogP contribution < -0.4 is 11.1 Å². The molecular weight excluding hydrogens is 238 g/mol. The van der Waals surface area contributed by atoms with Crippen LogP contribution in [0.1, 0.15) is 11.1 Å². The summed E-state index contributed by atoms with van der Waals surface area (Å²) in [6, 6.07) is 14.3. The summed E-state index contributed by atoms with van der Waals surface area (Å²) in [7, 11) is 0. The van der Waals surface area contributed by atoms with Crippen LogP contribution in [0.15, 0.2) is 46.9 Å². The Morgan fingerprint density at radius 2 is 2.05 bits per heavy atom. The predicted molar refractivity (Wildman–Crippen MR) is 76.9 cm³/mol. The quantitative estimate of drug-likeness (QED) is 0.703. The van der Waals surface area contributed by atoms with Gasteiger partial charge in [0, 0.05) is 6.54 Å². The molecule has 1 heterocycles. The first-order chi connectivity index (χ1) is 9.22. The number of rotatable bonds is 3. The number of hydrogen-bond acceptors (Lipinski definition) is 4. The lowest BCUT2D eigenvalue weighted by Gasteiger charge is -2.02. The van der Waals surface area contributed by atoms with E-state index in [1.54, 1.807) is 0 Å². The molecule has 0 saturated heterocycles. The first kappa shape index (κ1) is 11.6. The van der Waals surface area contributed by atoms with Crippen LogP contribution >= 0.6 is 0 Å². The van der Waals surface area contributed by atoms with E-state index >= 15 is 0 Å². The normalized spacial score (nSPS) is 10.8. The molecule has 3 N–H and O–H groups in total. The summed E-state index contributed by atoms with van der Waals surface area (Å²) in [5.41, 5.74) is 10.3. The third-order valence-electron chi connectivity index (χ3n) is 2.98. The molecule has 0 saturated carbocycles. The Morgan fingerprint density at radius 1 is 1.21 bits per heavy atom. The number of aryl methyl sites for hydroxylation is 1. The maximum atomic E-state index is 5.85. The summed E-state index contributed by atoms with van der Waals surface area (Å²) in [4.78, 5) is 4.35. The largest absolute Gasteiger partial charge is 0.423 e. The fourth-order valence-corrected chi connectivity index (χ4v) is 2.05. The Morgan fingerprint density at radius 3 is 2.84 bits per heavy atom. The third-order valence-corrected chi connectivity index (χ3v) is 2.98. The second-order valence-electron chi connectivity index (χ2n) is 4.56. The Bertz CT molecular complexity index is 718. The van der Waals surface area contributed by atoms with Gasteiger partial charge in [-0.05, 0) is 24.6 Å². The van der Waals surface area contributed by atoms with Crippen LogP contribution in [0.2, 0.25) is 0 Å². The molecule has 0 aliphatic rings. The van der Waals surface area contributed by atoms with Gasteiger partial charge in [0.05, 0.1) is 5.69 Å². The van der Waals surface area contributed by atoms with Crippen molar-refractivity contribution in [2.45, 2.75) is 13.5 Å². The highest BCUT2D eigenvalue weighted by atomic mass is 16.4. The zero-order valence-corrected chi connectivity index (χ0v) is 10.7. The van der Waals surface area contributed by atoms with Crippen molar-refractivity contribution in [3.63, 3.8) is 0 Å². The Labute approximate surface area is 111 Å². The molecule has 0 bridgehead atoms. The third kappa shape index (κ3) is 2.38. The Balaban J connectivity index is 1.80. The van der Waals surface area contributed by atoms with Crippen molar-refractivity contribution < 1.29 is 4.42 Å². The second-order valence-corrected chi connectivity index (χ2v) is 4.56.